The van der Waals surface area contributed by atoms with Crippen LogP contribution in [0.15, 0.2) is 12.1 Å². The molecule has 0 N–H and O–H groups in total. The van der Waals surface area contributed by atoms with Crippen LogP contribution in [-0.4, -0.2) is 5.24 Å². The van der Waals surface area contributed by atoms with Crippen molar-refractivity contribution in [3.63, 3.8) is 0 Å². The van der Waals surface area contributed by atoms with Crippen LogP contribution in [0.25, 0.3) is 0 Å². The molecule has 0 atom stereocenters. The van der Waals surface area contributed by atoms with Crippen molar-refractivity contribution in [2.24, 2.45) is 0 Å². The van der Waals surface area contributed by atoms with Crippen LogP contribution < -0.4 is 0 Å². The Labute approximate surface area is 91.6 Å². The van der Waals surface area contributed by atoms with E-state index in [2.05, 4.69) is 0 Å². The fraction of sp³-hybridized carbons (Fsp3) is 0.125. The van der Waals surface area contributed by atoms with Gasteiger partial charge in [-0.05, 0) is 23.7 Å². The molecule has 82 valence electrons. The number of carbonyl (C=O) groups excluding carboxylic acids is 1. The summed E-state index contributed by atoms with van der Waals surface area (Å²) in [6, 6.07) is 1.14. The molecule has 0 aliphatic rings. The molecule has 1 aromatic rings. The SMILES string of the molecule is O=C(Cl)c1ccc(C(F)(F)F)c(F)c1Cl. The lowest BCUT2D eigenvalue weighted by molar-refractivity contribution is -0.140. The van der Waals surface area contributed by atoms with Crippen LogP contribution in [0.3, 0.4) is 0 Å². The normalized spacial score (nSPS) is 11.6. The number of benzene rings is 1. The van der Waals surface area contributed by atoms with Crippen molar-refractivity contribution in [2.75, 3.05) is 0 Å². The Hall–Kier alpha value is -0.810. The molecule has 0 bridgehead atoms. The van der Waals surface area contributed by atoms with E-state index in [1.54, 1.807) is 0 Å². The van der Waals surface area contributed by atoms with Gasteiger partial charge in [-0.25, -0.2) is 4.39 Å². The monoisotopic (exact) mass is 260 g/mol. The second-order valence-electron chi connectivity index (χ2n) is 2.56. The quantitative estimate of drug-likeness (QED) is 0.553. The molecule has 1 aromatic carbocycles. The molecule has 0 fully saturated rings. The largest absolute Gasteiger partial charge is 0.419 e. The maximum absolute atomic E-state index is 13.1. The van der Waals surface area contributed by atoms with Gasteiger partial charge in [0.05, 0.1) is 16.1 Å². The molecule has 0 saturated carbocycles. The Balaban J connectivity index is 3.41. The molecule has 0 radical (unpaired) electrons. The van der Waals surface area contributed by atoms with E-state index in [9.17, 15) is 22.4 Å². The van der Waals surface area contributed by atoms with E-state index < -0.39 is 33.4 Å². The van der Waals surface area contributed by atoms with Gasteiger partial charge in [0.1, 0.15) is 0 Å². The number of alkyl halides is 3. The number of rotatable bonds is 1. The Morgan fingerprint density at radius 3 is 2.20 bits per heavy atom. The summed E-state index contributed by atoms with van der Waals surface area (Å²) in [5, 5.41) is -2.04. The molecule has 7 heteroatoms. The van der Waals surface area contributed by atoms with Crippen molar-refractivity contribution in [2.45, 2.75) is 6.18 Å². The molecule has 0 aliphatic carbocycles. The van der Waals surface area contributed by atoms with E-state index in [-0.39, 0.29) is 0 Å². The first-order valence-electron chi connectivity index (χ1n) is 3.50. The highest BCUT2D eigenvalue weighted by Crippen LogP contribution is 2.35. The minimum Gasteiger partial charge on any atom is -0.276 e. The van der Waals surface area contributed by atoms with E-state index in [0.717, 1.165) is 6.07 Å². The molecular formula is C8H2Cl2F4O. The number of halogens is 6. The van der Waals surface area contributed by atoms with Crippen molar-refractivity contribution in [1.29, 1.82) is 0 Å². The fourth-order valence-electron chi connectivity index (χ4n) is 0.920. The van der Waals surface area contributed by atoms with Crippen LogP contribution in [0, 0.1) is 5.82 Å². The first kappa shape index (κ1) is 12.3. The average molecular weight is 261 g/mol. The van der Waals surface area contributed by atoms with Gasteiger partial charge in [-0.2, -0.15) is 13.2 Å². The van der Waals surface area contributed by atoms with Crippen molar-refractivity contribution < 1.29 is 22.4 Å². The predicted molar refractivity (Wildman–Crippen MR) is 46.6 cm³/mol. The highest BCUT2D eigenvalue weighted by atomic mass is 35.5. The van der Waals surface area contributed by atoms with Crippen LogP contribution in [0.2, 0.25) is 5.02 Å². The zero-order chi connectivity index (χ0) is 11.8. The molecule has 0 unspecified atom stereocenters. The highest BCUT2D eigenvalue weighted by Gasteiger charge is 2.35. The molecule has 0 aromatic heterocycles. The van der Waals surface area contributed by atoms with Gasteiger partial charge in [0, 0.05) is 0 Å². The van der Waals surface area contributed by atoms with Gasteiger partial charge < -0.3 is 0 Å². The van der Waals surface area contributed by atoms with Gasteiger partial charge in [-0.15, -0.1) is 0 Å². The maximum atomic E-state index is 13.1. The van der Waals surface area contributed by atoms with E-state index in [4.69, 9.17) is 23.2 Å². The third kappa shape index (κ3) is 2.41. The van der Waals surface area contributed by atoms with Crippen LogP contribution in [0.5, 0.6) is 0 Å². The fourth-order valence-corrected chi connectivity index (χ4v) is 1.38. The number of carbonyl (C=O) groups is 1. The maximum Gasteiger partial charge on any atom is 0.419 e. The van der Waals surface area contributed by atoms with E-state index in [1.165, 1.54) is 0 Å². The Kier molecular flexibility index (Phi) is 3.25. The van der Waals surface area contributed by atoms with Gasteiger partial charge in [0.25, 0.3) is 5.24 Å². The second-order valence-corrected chi connectivity index (χ2v) is 3.28. The molecule has 0 aliphatic heterocycles. The molecule has 1 nitrogen and oxygen atoms in total. The van der Waals surface area contributed by atoms with Crippen molar-refractivity contribution in [3.05, 3.63) is 34.1 Å². The summed E-state index contributed by atoms with van der Waals surface area (Å²) in [5.41, 5.74) is -2.03. The van der Waals surface area contributed by atoms with Crippen LogP contribution in [0.4, 0.5) is 17.6 Å². The smallest absolute Gasteiger partial charge is 0.276 e. The standard InChI is InChI=1S/C8H2Cl2F4O/c9-5-3(7(10)15)1-2-4(6(5)11)8(12,13)14/h1-2H. The second kappa shape index (κ2) is 3.98. The molecule has 1 rings (SSSR count). The summed E-state index contributed by atoms with van der Waals surface area (Å²) in [6.07, 6.45) is -4.86. The summed E-state index contributed by atoms with van der Waals surface area (Å²) < 4.78 is 49.5. The summed E-state index contributed by atoms with van der Waals surface area (Å²) >= 11 is 10.2. The molecule has 0 heterocycles. The first-order chi connectivity index (χ1) is 6.75. The number of hydrogen-bond acceptors (Lipinski definition) is 1. The van der Waals surface area contributed by atoms with E-state index in [1.807, 2.05) is 0 Å². The van der Waals surface area contributed by atoms with E-state index in [0.29, 0.717) is 6.07 Å². The van der Waals surface area contributed by atoms with Crippen molar-refractivity contribution in [1.82, 2.24) is 0 Å². The van der Waals surface area contributed by atoms with Crippen LogP contribution >= 0.6 is 23.2 Å². The van der Waals surface area contributed by atoms with Gasteiger partial charge in [0.2, 0.25) is 0 Å². The van der Waals surface area contributed by atoms with Gasteiger partial charge in [-0.3, -0.25) is 4.79 Å². The average Bonchev–Trinajstić information content (AvgIpc) is 2.06. The van der Waals surface area contributed by atoms with Gasteiger partial charge >= 0.3 is 6.18 Å². The molecular weight excluding hydrogens is 259 g/mol. The third-order valence-corrected chi connectivity index (χ3v) is 2.17. The lowest BCUT2D eigenvalue weighted by Crippen LogP contribution is -2.09. The minimum absolute atomic E-state index is 0.414. The summed E-state index contributed by atoms with van der Waals surface area (Å²) in [5.74, 6) is -1.70. The lowest BCUT2D eigenvalue weighted by Gasteiger charge is -2.09. The molecule has 0 saturated heterocycles. The minimum atomic E-state index is -4.86. The third-order valence-electron chi connectivity index (χ3n) is 1.60. The van der Waals surface area contributed by atoms with Gasteiger partial charge in [0.15, 0.2) is 5.82 Å². The van der Waals surface area contributed by atoms with Crippen molar-refractivity contribution >= 4 is 28.4 Å². The van der Waals surface area contributed by atoms with E-state index >= 15 is 0 Å². The molecule has 0 spiro atoms. The first-order valence-corrected chi connectivity index (χ1v) is 4.25. The Bertz CT molecular complexity index is 414. The molecule has 15 heavy (non-hydrogen) atoms. The molecule has 0 amide bonds. The lowest BCUT2D eigenvalue weighted by atomic mass is 10.1. The van der Waals surface area contributed by atoms with Crippen LogP contribution in [-0.2, 0) is 6.18 Å². The Morgan fingerprint density at radius 2 is 1.80 bits per heavy atom. The van der Waals surface area contributed by atoms with Crippen LogP contribution in [0.1, 0.15) is 15.9 Å². The van der Waals surface area contributed by atoms with Gasteiger partial charge in [-0.1, -0.05) is 11.6 Å². The summed E-state index contributed by atoms with van der Waals surface area (Å²) in [6.45, 7) is 0. The topological polar surface area (TPSA) is 17.1 Å². The summed E-state index contributed by atoms with van der Waals surface area (Å²) in [4.78, 5) is 10.6. The number of hydrogen-bond donors (Lipinski definition) is 0. The highest BCUT2D eigenvalue weighted by molar-refractivity contribution is 6.68. The zero-order valence-electron chi connectivity index (χ0n) is 6.83. The van der Waals surface area contributed by atoms with Crippen molar-refractivity contribution in [3.8, 4) is 0 Å². The zero-order valence-corrected chi connectivity index (χ0v) is 8.34. The summed E-state index contributed by atoms with van der Waals surface area (Å²) in [7, 11) is 0. The Morgan fingerprint density at radius 1 is 1.27 bits per heavy atom. The predicted octanol–water partition coefficient (Wildman–Crippen LogP) is 3.88.